The fourth-order valence-corrected chi connectivity index (χ4v) is 3.31. The molecule has 0 radical (unpaired) electrons. The van der Waals surface area contributed by atoms with Crippen molar-refractivity contribution in [3.63, 3.8) is 0 Å². The minimum Gasteiger partial charge on any atom is -0.355 e. The molecule has 2 N–H and O–H groups in total. The van der Waals surface area contributed by atoms with E-state index in [9.17, 15) is 4.79 Å². The molecule has 0 aliphatic carbocycles. The molecular formula is C19H22N8O. The first-order valence-corrected chi connectivity index (χ1v) is 9.22. The normalized spacial score (nSPS) is 14.7. The van der Waals surface area contributed by atoms with E-state index >= 15 is 0 Å². The van der Waals surface area contributed by atoms with Gasteiger partial charge in [0.25, 0.3) is 0 Å². The summed E-state index contributed by atoms with van der Waals surface area (Å²) in [5, 5.41) is 13.9. The van der Waals surface area contributed by atoms with Gasteiger partial charge in [-0.25, -0.2) is 9.78 Å². The number of urea groups is 1. The Labute approximate surface area is 162 Å². The SMILES string of the molecule is Cn1cnnc1-c1ccc(NC(=O)NC2CCN(c3cnccn3)CC2)cc1. The number of rotatable bonds is 4. The molecule has 1 fully saturated rings. The van der Waals surface area contributed by atoms with Gasteiger partial charge in [0.05, 0.1) is 6.20 Å². The lowest BCUT2D eigenvalue weighted by molar-refractivity contribution is 0.246. The molecule has 3 heterocycles. The van der Waals surface area contributed by atoms with Crippen molar-refractivity contribution in [2.75, 3.05) is 23.3 Å². The summed E-state index contributed by atoms with van der Waals surface area (Å²) >= 11 is 0. The van der Waals surface area contributed by atoms with Gasteiger partial charge in [-0.15, -0.1) is 10.2 Å². The van der Waals surface area contributed by atoms with Crippen LogP contribution in [0.1, 0.15) is 12.8 Å². The molecule has 2 aromatic heterocycles. The van der Waals surface area contributed by atoms with Crippen LogP contribution < -0.4 is 15.5 Å². The van der Waals surface area contributed by atoms with Crippen LogP contribution in [0.15, 0.2) is 49.2 Å². The van der Waals surface area contributed by atoms with Crippen molar-refractivity contribution >= 4 is 17.5 Å². The second-order valence-corrected chi connectivity index (χ2v) is 6.77. The predicted octanol–water partition coefficient (Wildman–Crippen LogP) is 2.06. The number of anilines is 2. The first-order chi connectivity index (χ1) is 13.7. The molecule has 0 unspecified atom stereocenters. The van der Waals surface area contributed by atoms with Gasteiger partial charge < -0.3 is 20.1 Å². The fourth-order valence-electron chi connectivity index (χ4n) is 3.31. The summed E-state index contributed by atoms with van der Waals surface area (Å²) in [5.74, 6) is 1.67. The molecule has 28 heavy (non-hydrogen) atoms. The van der Waals surface area contributed by atoms with Gasteiger partial charge in [0.1, 0.15) is 12.1 Å². The summed E-state index contributed by atoms with van der Waals surface area (Å²) in [6.07, 6.45) is 8.53. The smallest absolute Gasteiger partial charge is 0.319 e. The molecule has 1 saturated heterocycles. The van der Waals surface area contributed by atoms with Crippen molar-refractivity contribution in [1.82, 2.24) is 30.0 Å². The molecule has 1 aromatic carbocycles. The van der Waals surface area contributed by atoms with Crippen molar-refractivity contribution in [3.05, 3.63) is 49.2 Å². The zero-order valence-electron chi connectivity index (χ0n) is 15.6. The molecule has 4 rings (SSSR count). The van der Waals surface area contributed by atoms with Crippen LogP contribution in [0.5, 0.6) is 0 Å². The largest absolute Gasteiger partial charge is 0.355 e. The molecule has 9 nitrogen and oxygen atoms in total. The summed E-state index contributed by atoms with van der Waals surface area (Å²) in [7, 11) is 1.89. The fraction of sp³-hybridized carbons (Fsp3) is 0.316. The highest BCUT2D eigenvalue weighted by Crippen LogP contribution is 2.19. The van der Waals surface area contributed by atoms with E-state index in [4.69, 9.17) is 0 Å². The second-order valence-electron chi connectivity index (χ2n) is 6.77. The molecule has 0 atom stereocenters. The summed E-state index contributed by atoms with van der Waals surface area (Å²) < 4.78 is 1.85. The van der Waals surface area contributed by atoms with Gasteiger partial charge in [-0.05, 0) is 37.1 Å². The van der Waals surface area contributed by atoms with Gasteiger partial charge in [-0.3, -0.25) is 4.98 Å². The van der Waals surface area contributed by atoms with E-state index in [1.807, 2.05) is 35.9 Å². The van der Waals surface area contributed by atoms with Crippen LogP contribution in [-0.4, -0.2) is 49.9 Å². The van der Waals surface area contributed by atoms with Crippen molar-refractivity contribution in [1.29, 1.82) is 0 Å². The molecule has 1 aliphatic heterocycles. The average molecular weight is 378 g/mol. The highest BCUT2D eigenvalue weighted by atomic mass is 16.2. The number of hydrogen-bond acceptors (Lipinski definition) is 6. The van der Waals surface area contributed by atoms with Gasteiger partial charge in [0.15, 0.2) is 5.82 Å². The molecule has 2 amide bonds. The molecule has 1 aliphatic rings. The lowest BCUT2D eigenvalue weighted by Gasteiger charge is -2.32. The molecular weight excluding hydrogens is 356 g/mol. The Kier molecular flexibility index (Phi) is 5.14. The Morgan fingerprint density at radius 3 is 2.57 bits per heavy atom. The number of nitrogens with one attached hydrogen (secondary N) is 2. The molecule has 3 aromatic rings. The number of nitrogens with zero attached hydrogens (tertiary/aromatic N) is 6. The van der Waals surface area contributed by atoms with E-state index in [2.05, 4.69) is 35.7 Å². The molecule has 0 bridgehead atoms. The van der Waals surface area contributed by atoms with E-state index < -0.39 is 0 Å². The molecule has 9 heteroatoms. The van der Waals surface area contributed by atoms with Crippen LogP contribution in [0.25, 0.3) is 11.4 Å². The maximum absolute atomic E-state index is 12.3. The maximum atomic E-state index is 12.3. The number of aromatic nitrogens is 5. The standard InChI is InChI=1S/C19H22N8O/c1-26-13-22-25-18(26)14-2-4-15(5-3-14)23-19(28)24-16-6-10-27(11-7-16)17-12-20-8-9-21-17/h2-5,8-9,12-13,16H,6-7,10-11H2,1H3,(H2,23,24,28). The summed E-state index contributed by atoms with van der Waals surface area (Å²) in [6, 6.07) is 7.51. The Bertz CT molecular complexity index is 917. The number of carbonyl (C=O) groups excluding carboxylic acids is 1. The minimum atomic E-state index is -0.190. The Hall–Kier alpha value is -3.49. The summed E-state index contributed by atoms with van der Waals surface area (Å²) in [5.41, 5.74) is 1.68. The van der Waals surface area contributed by atoms with Crippen LogP contribution >= 0.6 is 0 Å². The van der Waals surface area contributed by atoms with Crippen LogP contribution in [0.3, 0.4) is 0 Å². The Morgan fingerprint density at radius 1 is 1.14 bits per heavy atom. The highest BCUT2D eigenvalue weighted by Gasteiger charge is 2.21. The second kappa shape index (κ2) is 8.03. The zero-order valence-corrected chi connectivity index (χ0v) is 15.6. The van der Waals surface area contributed by atoms with Gasteiger partial charge in [0, 0.05) is 49.8 Å². The van der Waals surface area contributed by atoms with E-state index in [1.165, 1.54) is 0 Å². The van der Waals surface area contributed by atoms with Crippen LogP contribution in [-0.2, 0) is 7.05 Å². The van der Waals surface area contributed by atoms with Crippen LogP contribution in [0, 0.1) is 0 Å². The Morgan fingerprint density at radius 2 is 1.93 bits per heavy atom. The van der Waals surface area contributed by atoms with Crippen molar-refractivity contribution in [3.8, 4) is 11.4 Å². The van der Waals surface area contributed by atoms with Crippen molar-refractivity contribution in [2.45, 2.75) is 18.9 Å². The van der Waals surface area contributed by atoms with Gasteiger partial charge in [-0.1, -0.05) is 0 Å². The van der Waals surface area contributed by atoms with Crippen LogP contribution in [0.4, 0.5) is 16.3 Å². The van der Waals surface area contributed by atoms with E-state index in [-0.39, 0.29) is 12.1 Å². The van der Waals surface area contributed by atoms with E-state index in [1.54, 1.807) is 24.9 Å². The lowest BCUT2D eigenvalue weighted by Crippen LogP contribution is -2.46. The third-order valence-electron chi connectivity index (χ3n) is 4.82. The number of benzene rings is 1. The summed E-state index contributed by atoms with van der Waals surface area (Å²) in [4.78, 5) is 22.9. The lowest BCUT2D eigenvalue weighted by atomic mass is 10.1. The average Bonchev–Trinajstić information content (AvgIpc) is 3.16. The highest BCUT2D eigenvalue weighted by molar-refractivity contribution is 5.89. The quantitative estimate of drug-likeness (QED) is 0.721. The number of amides is 2. The van der Waals surface area contributed by atoms with E-state index in [0.29, 0.717) is 0 Å². The maximum Gasteiger partial charge on any atom is 0.319 e. The molecule has 0 saturated carbocycles. The molecule has 0 spiro atoms. The number of piperidine rings is 1. The topological polar surface area (TPSA) is 101 Å². The summed E-state index contributed by atoms with van der Waals surface area (Å²) in [6.45, 7) is 1.69. The van der Waals surface area contributed by atoms with Gasteiger partial charge in [-0.2, -0.15) is 0 Å². The predicted molar refractivity (Wildman–Crippen MR) is 106 cm³/mol. The first kappa shape index (κ1) is 17.9. The monoisotopic (exact) mass is 378 g/mol. The third-order valence-corrected chi connectivity index (χ3v) is 4.82. The number of aryl methyl sites for hydroxylation is 1. The number of carbonyl (C=O) groups is 1. The number of hydrogen-bond donors (Lipinski definition) is 2. The minimum absolute atomic E-state index is 0.144. The Balaban J connectivity index is 1.27. The van der Waals surface area contributed by atoms with Crippen molar-refractivity contribution in [2.24, 2.45) is 7.05 Å². The van der Waals surface area contributed by atoms with Crippen molar-refractivity contribution < 1.29 is 4.79 Å². The van der Waals surface area contributed by atoms with Gasteiger partial charge >= 0.3 is 6.03 Å². The van der Waals surface area contributed by atoms with E-state index in [0.717, 1.165) is 48.8 Å². The zero-order chi connectivity index (χ0) is 19.3. The first-order valence-electron chi connectivity index (χ1n) is 9.22. The molecule has 144 valence electrons. The third kappa shape index (κ3) is 4.08. The van der Waals surface area contributed by atoms with Crippen LogP contribution in [0.2, 0.25) is 0 Å². The van der Waals surface area contributed by atoms with Gasteiger partial charge in [0.2, 0.25) is 0 Å².